The summed E-state index contributed by atoms with van der Waals surface area (Å²) in [7, 11) is -0.0306. The van der Waals surface area contributed by atoms with Crippen LogP contribution in [0.4, 0.5) is 0 Å². The van der Waals surface area contributed by atoms with Gasteiger partial charge in [-0.05, 0) is 0 Å². The van der Waals surface area contributed by atoms with Crippen LogP contribution >= 0.6 is 7.14 Å². The molecule has 0 bridgehead atoms. The van der Waals surface area contributed by atoms with Crippen molar-refractivity contribution in [3.8, 4) is 0 Å². The quantitative estimate of drug-likeness (QED) is 0.532. The lowest BCUT2D eigenvalue weighted by Gasteiger charge is -2.28. The van der Waals surface area contributed by atoms with Crippen molar-refractivity contribution in [1.82, 2.24) is 0 Å². The Morgan fingerprint density at radius 2 is 1.47 bits per heavy atom. The molecule has 1 unspecified atom stereocenters. The summed E-state index contributed by atoms with van der Waals surface area (Å²) in [6.07, 6.45) is 0.0940. The molecule has 0 aromatic rings. The second kappa shape index (κ2) is 7.68. The van der Waals surface area contributed by atoms with Crippen molar-refractivity contribution < 1.29 is 23.6 Å². The van der Waals surface area contributed by atoms with E-state index in [2.05, 4.69) is 4.74 Å². The summed E-state index contributed by atoms with van der Waals surface area (Å²) in [6.45, 7) is 7.53. The fourth-order valence-corrected chi connectivity index (χ4v) is 5.04. The Balaban J connectivity index is 5.13. The number of ether oxygens (including phenoxy) is 2. The molecule has 0 spiro atoms. The van der Waals surface area contributed by atoms with Crippen LogP contribution in [0.3, 0.4) is 0 Å². The van der Waals surface area contributed by atoms with Crippen LogP contribution in [0.2, 0.25) is 0 Å². The zero-order valence-electron chi connectivity index (χ0n) is 12.6. The van der Waals surface area contributed by atoms with Gasteiger partial charge in [-0.15, -0.1) is 0 Å². The van der Waals surface area contributed by atoms with E-state index in [4.69, 9.17) is 4.74 Å². The molecule has 0 rings (SSSR count). The normalized spacial score (nSPS) is 13.5. The van der Waals surface area contributed by atoms with Crippen LogP contribution in [0.15, 0.2) is 0 Å². The van der Waals surface area contributed by atoms with Crippen molar-refractivity contribution in [3.05, 3.63) is 0 Å². The highest BCUT2D eigenvalue weighted by Gasteiger charge is 2.37. The number of esters is 2. The zero-order chi connectivity index (χ0) is 15.2. The van der Waals surface area contributed by atoms with Crippen molar-refractivity contribution in [3.63, 3.8) is 0 Å². The van der Waals surface area contributed by atoms with E-state index < -0.39 is 25.0 Å². The third-order valence-electron chi connectivity index (χ3n) is 3.43. The zero-order valence-corrected chi connectivity index (χ0v) is 13.5. The molecule has 6 heteroatoms. The Hall–Kier alpha value is -0.830. The van der Waals surface area contributed by atoms with Crippen LogP contribution in [0.5, 0.6) is 0 Å². The topological polar surface area (TPSA) is 69.7 Å². The lowest BCUT2D eigenvalue weighted by Crippen LogP contribution is -2.27. The Morgan fingerprint density at radius 3 is 1.79 bits per heavy atom. The fraction of sp³-hybridized carbons (Fsp3) is 0.846. The van der Waals surface area contributed by atoms with Crippen molar-refractivity contribution in [2.45, 2.75) is 45.4 Å². The average molecular weight is 292 g/mol. The molecule has 0 aromatic heterocycles. The van der Waals surface area contributed by atoms with Crippen molar-refractivity contribution >= 4 is 19.1 Å². The maximum atomic E-state index is 13.0. The standard InChI is InChI=1S/C13H25O5P/c1-9(2)19(16,10(3)4)8-11(13(15)18-6)7-12(14)17-5/h9-11H,7-8H2,1-6H3. The van der Waals surface area contributed by atoms with E-state index >= 15 is 0 Å². The van der Waals surface area contributed by atoms with Gasteiger partial charge in [0, 0.05) is 17.5 Å². The van der Waals surface area contributed by atoms with E-state index in [-0.39, 0.29) is 23.9 Å². The van der Waals surface area contributed by atoms with Crippen LogP contribution < -0.4 is 0 Å². The second-order valence-corrected chi connectivity index (χ2v) is 9.36. The summed E-state index contributed by atoms with van der Waals surface area (Å²) in [5.74, 6) is -1.70. The lowest BCUT2D eigenvalue weighted by molar-refractivity contribution is -0.151. The SMILES string of the molecule is COC(=O)CC(CP(=O)(C(C)C)C(C)C)C(=O)OC. The van der Waals surface area contributed by atoms with E-state index in [0.29, 0.717) is 0 Å². The van der Waals surface area contributed by atoms with E-state index in [0.717, 1.165) is 0 Å². The van der Waals surface area contributed by atoms with E-state index in [1.165, 1.54) is 14.2 Å². The minimum absolute atomic E-state index is 0.0303. The van der Waals surface area contributed by atoms with Crippen molar-refractivity contribution in [1.29, 1.82) is 0 Å². The fourth-order valence-electron chi connectivity index (χ4n) is 2.04. The molecule has 0 saturated carbocycles. The highest BCUT2D eigenvalue weighted by atomic mass is 31.2. The second-order valence-electron chi connectivity index (χ2n) is 5.22. The molecular weight excluding hydrogens is 267 g/mol. The largest absolute Gasteiger partial charge is 0.469 e. The predicted molar refractivity (Wildman–Crippen MR) is 74.9 cm³/mol. The smallest absolute Gasteiger partial charge is 0.309 e. The first kappa shape index (κ1) is 18.2. The van der Waals surface area contributed by atoms with E-state index in [1.54, 1.807) is 0 Å². The Kier molecular flexibility index (Phi) is 7.35. The third-order valence-corrected chi connectivity index (χ3v) is 7.94. The molecule has 5 nitrogen and oxygen atoms in total. The maximum absolute atomic E-state index is 13.0. The summed E-state index contributed by atoms with van der Waals surface area (Å²) in [6, 6.07) is 0. The van der Waals surface area contributed by atoms with Gasteiger partial charge in [-0.25, -0.2) is 0 Å². The van der Waals surface area contributed by atoms with Gasteiger partial charge in [0.25, 0.3) is 0 Å². The third kappa shape index (κ3) is 4.98. The van der Waals surface area contributed by atoms with Crippen LogP contribution in [-0.4, -0.2) is 43.6 Å². The summed E-state index contributed by atoms with van der Waals surface area (Å²) in [5.41, 5.74) is -0.0605. The van der Waals surface area contributed by atoms with E-state index in [9.17, 15) is 14.2 Å². The molecule has 1 atom stereocenters. The molecule has 0 heterocycles. The molecule has 0 aliphatic rings. The first-order valence-corrected chi connectivity index (χ1v) is 8.45. The number of methoxy groups -OCH3 is 2. The van der Waals surface area contributed by atoms with Crippen LogP contribution in [0.1, 0.15) is 34.1 Å². The number of hydrogen-bond donors (Lipinski definition) is 0. The molecule has 0 aromatic carbocycles. The first-order chi connectivity index (χ1) is 8.68. The molecule has 0 fully saturated rings. The highest BCUT2D eigenvalue weighted by Crippen LogP contribution is 2.56. The van der Waals surface area contributed by atoms with Gasteiger partial charge in [-0.1, -0.05) is 27.7 Å². The first-order valence-electron chi connectivity index (χ1n) is 6.42. The maximum Gasteiger partial charge on any atom is 0.309 e. The Morgan fingerprint density at radius 1 is 1.00 bits per heavy atom. The number of carbonyl (C=O) groups is 2. The molecule has 0 saturated heterocycles. The minimum Gasteiger partial charge on any atom is -0.469 e. The van der Waals surface area contributed by atoms with Crippen LogP contribution in [0.25, 0.3) is 0 Å². The molecule has 19 heavy (non-hydrogen) atoms. The summed E-state index contributed by atoms with van der Waals surface area (Å²) < 4.78 is 22.2. The number of rotatable bonds is 7. The van der Waals surface area contributed by atoms with Gasteiger partial charge >= 0.3 is 11.9 Å². The molecule has 0 N–H and O–H groups in total. The van der Waals surface area contributed by atoms with Crippen LogP contribution in [-0.2, 0) is 23.6 Å². The molecule has 0 aliphatic carbocycles. The Bertz CT molecular complexity index is 350. The van der Waals surface area contributed by atoms with Gasteiger partial charge in [0.05, 0.1) is 33.7 Å². The van der Waals surface area contributed by atoms with Gasteiger partial charge in [0.15, 0.2) is 0 Å². The van der Waals surface area contributed by atoms with Gasteiger partial charge in [0.2, 0.25) is 0 Å². The van der Waals surface area contributed by atoms with Gasteiger partial charge in [0.1, 0.15) is 0 Å². The predicted octanol–water partition coefficient (Wildman–Crippen LogP) is 2.52. The Labute approximate surface area is 115 Å². The summed E-state index contributed by atoms with van der Waals surface area (Å²) >= 11 is 0. The molecule has 0 amide bonds. The molecule has 0 aliphatic heterocycles. The van der Waals surface area contributed by atoms with Crippen molar-refractivity contribution in [2.75, 3.05) is 20.4 Å². The average Bonchev–Trinajstić information content (AvgIpc) is 2.35. The number of hydrogen-bond acceptors (Lipinski definition) is 5. The van der Waals surface area contributed by atoms with E-state index in [1.807, 2.05) is 27.7 Å². The van der Waals surface area contributed by atoms with Gasteiger partial charge < -0.3 is 14.0 Å². The summed E-state index contributed by atoms with van der Waals surface area (Å²) in [5, 5.41) is 0. The van der Waals surface area contributed by atoms with Crippen molar-refractivity contribution in [2.24, 2.45) is 5.92 Å². The van der Waals surface area contributed by atoms with Crippen LogP contribution in [0, 0.1) is 5.92 Å². The van der Waals surface area contributed by atoms with Gasteiger partial charge in [-0.2, -0.15) is 0 Å². The monoisotopic (exact) mass is 292 g/mol. The molecular formula is C13H25O5P. The number of carbonyl (C=O) groups excluding carboxylic acids is 2. The molecule has 0 radical (unpaired) electrons. The molecule has 112 valence electrons. The lowest BCUT2D eigenvalue weighted by atomic mass is 10.1. The minimum atomic E-state index is -2.56. The summed E-state index contributed by atoms with van der Waals surface area (Å²) in [4.78, 5) is 23.1. The van der Waals surface area contributed by atoms with Gasteiger partial charge in [-0.3, -0.25) is 9.59 Å². The highest BCUT2D eigenvalue weighted by molar-refractivity contribution is 7.65.